The molecule has 8 heteroatoms. The van der Waals surface area contributed by atoms with E-state index in [-0.39, 0.29) is 11.2 Å². The molecule has 2 N–H and O–H groups in total. The summed E-state index contributed by atoms with van der Waals surface area (Å²) in [6.45, 7) is 0. The maximum absolute atomic E-state index is 13.9. The molecular weight excluding hydrogens is 413 g/mol. The Morgan fingerprint density at radius 1 is 1.13 bits per heavy atom. The van der Waals surface area contributed by atoms with Gasteiger partial charge in [0.1, 0.15) is 0 Å². The van der Waals surface area contributed by atoms with Crippen LogP contribution in [0.15, 0.2) is 69.3 Å². The number of aromatic amines is 1. The number of pyridine rings is 1. The molecule has 4 rings (SSSR count). The van der Waals surface area contributed by atoms with Crippen molar-refractivity contribution < 1.29 is 18.3 Å². The van der Waals surface area contributed by atoms with Crippen molar-refractivity contribution in [3.63, 3.8) is 0 Å². The number of aliphatic imine (C=N–C) groups is 1. The molecule has 1 aliphatic heterocycles. The zero-order valence-corrected chi connectivity index (χ0v) is 16.6. The first-order chi connectivity index (χ1) is 14.3. The van der Waals surface area contributed by atoms with Crippen molar-refractivity contribution in [1.82, 2.24) is 4.98 Å². The largest absolute Gasteiger partial charge is 0.422 e. The molecule has 3 aromatic rings. The molecule has 2 aromatic carbocycles. The van der Waals surface area contributed by atoms with Gasteiger partial charge in [0.15, 0.2) is 5.60 Å². The molecule has 156 valence electrons. The van der Waals surface area contributed by atoms with Crippen molar-refractivity contribution in [2.24, 2.45) is 4.99 Å². The highest BCUT2D eigenvalue weighted by Gasteiger charge is 2.54. The molecule has 0 radical (unpaired) electrons. The molecule has 30 heavy (non-hydrogen) atoms. The molecular formula is C22H19F3N2O2S. The molecule has 2 atom stereocenters. The number of fused-ring (bicyclic) bond motifs is 2. The van der Waals surface area contributed by atoms with Crippen LogP contribution in [0.4, 0.5) is 18.9 Å². The van der Waals surface area contributed by atoms with Crippen LogP contribution >= 0.6 is 11.8 Å². The second-order valence-electron chi connectivity index (χ2n) is 7.32. The maximum Gasteiger partial charge on any atom is 0.422 e. The number of nitrogens with zero attached hydrogens (tertiary/aromatic N) is 1. The number of rotatable bonds is 4. The SMILES string of the molecule is O=c1ccc2c(/N=C/C(O)(CC3CCSc4ccccc43)C(F)(F)F)cccc2[nH]1. The first kappa shape index (κ1) is 20.7. The molecule has 0 bridgehead atoms. The predicted octanol–water partition coefficient (Wildman–Crippen LogP) is 5.19. The average molecular weight is 432 g/mol. The molecule has 1 aliphatic rings. The summed E-state index contributed by atoms with van der Waals surface area (Å²) < 4.78 is 41.7. The number of aliphatic hydroxyl groups is 1. The van der Waals surface area contributed by atoms with Gasteiger partial charge < -0.3 is 10.1 Å². The smallest absolute Gasteiger partial charge is 0.376 e. The number of H-pyrrole nitrogens is 1. The molecule has 1 aromatic heterocycles. The molecule has 0 saturated heterocycles. The zero-order valence-electron chi connectivity index (χ0n) is 15.8. The second kappa shape index (κ2) is 7.92. The first-order valence-corrected chi connectivity index (χ1v) is 10.4. The van der Waals surface area contributed by atoms with E-state index < -0.39 is 24.1 Å². The summed E-state index contributed by atoms with van der Waals surface area (Å²) in [5.74, 6) is 0.271. The van der Waals surface area contributed by atoms with Gasteiger partial charge in [-0.1, -0.05) is 24.3 Å². The van der Waals surface area contributed by atoms with E-state index in [9.17, 15) is 23.1 Å². The Labute approximate surface area is 174 Å². The van der Waals surface area contributed by atoms with Crippen molar-refractivity contribution in [2.45, 2.75) is 35.4 Å². The molecule has 0 saturated carbocycles. The standard InChI is InChI=1S/C22H19F3N2O2S/c23-22(24,25)21(29,12-14-10-11-30-19-7-2-1-4-15(14)19)13-26-17-5-3-6-18-16(17)8-9-20(28)27-18/h1-9,13-14,29H,10-12H2,(H,27,28)/b26-13+. The zero-order chi connectivity index (χ0) is 21.4. The summed E-state index contributed by atoms with van der Waals surface area (Å²) in [4.78, 5) is 19.1. The topological polar surface area (TPSA) is 65.4 Å². The van der Waals surface area contributed by atoms with E-state index in [0.717, 1.165) is 10.5 Å². The summed E-state index contributed by atoms with van der Waals surface area (Å²) in [5.41, 5.74) is -1.86. The van der Waals surface area contributed by atoms with Crippen LogP contribution in [0.2, 0.25) is 0 Å². The van der Waals surface area contributed by atoms with Gasteiger partial charge in [0.25, 0.3) is 0 Å². The summed E-state index contributed by atoms with van der Waals surface area (Å²) in [6, 6.07) is 14.9. The van der Waals surface area contributed by atoms with Gasteiger partial charge >= 0.3 is 6.18 Å². The lowest BCUT2D eigenvalue weighted by atomic mass is 9.84. The lowest BCUT2D eigenvalue weighted by Crippen LogP contribution is -2.48. The van der Waals surface area contributed by atoms with Gasteiger partial charge in [-0.3, -0.25) is 9.79 Å². The number of hydrogen-bond donors (Lipinski definition) is 2. The molecule has 4 nitrogen and oxygen atoms in total. The molecule has 2 heterocycles. The lowest BCUT2D eigenvalue weighted by molar-refractivity contribution is -0.232. The number of hydrogen-bond acceptors (Lipinski definition) is 4. The molecule has 0 amide bonds. The Bertz CT molecular complexity index is 1160. The number of halogens is 3. The normalized spacial score (nSPS) is 19.0. The summed E-state index contributed by atoms with van der Waals surface area (Å²) in [5, 5.41) is 11.2. The highest BCUT2D eigenvalue weighted by Crippen LogP contribution is 2.44. The van der Waals surface area contributed by atoms with Crippen molar-refractivity contribution >= 4 is 34.6 Å². The van der Waals surface area contributed by atoms with Crippen LogP contribution < -0.4 is 5.56 Å². The third-order valence-corrected chi connectivity index (χ3v) is 6.41. The predicted molar refractivity (Wildman–Crippen MR) is 113 cm³/mol. The van der Waals surface area contributed by atoms with Crippen LogP contribution in [0.25, 0.3) is 10.9 Å². The van der Waals surface area contributed by atoms with Gasteiger partial charge in [0, 0.05) is 22.6 Å². The Kier molecular flexibility index (Phi) is 5.46. The van der Waals surface area contributed by atoms with Crippen molar-refractivity contribution in [3.8, 4) is 0 Å². The van der Waals surface area contributed by atoms with E-state index in [0.29, 0.717) is 29.3 Å². The van der Waals surface area contributed by atoms with Crippen LogP contribution in [0, 0.1) is 0 Å². The fraction of sp³-hybridized carbons (Fsp3) is 0.273. The third kappa shape index (κ3) is 4.02. The van der Waals surface area contributed by atoms with E-state index in [1.54, 1.807) is 36.0 Å². The minimum atomic E-state index is -4.88. The van der Waals surface area contributed by atoms with Crippen LogP contribution in [0.5, 0.6) is 0 Å². The third-order valence-electron chi connectivity index (χ3n) is 5.29. The Morgan fingerprint density at radius 2 is 1.93 bits per heavy atom. The number of nitrogens with one attached hydrogen (secondary N) is 1. The van der Waals surface area contributed by atoms with Gasteiger partial charge in [-0.15, -0.1) is 11.8 Å². The quantitative estimate of drug-likeness (QED) is 0.558. The van der Waals surface area contributed by atoms with Gasteiger partial charge in [-0.2, -0.15) is 13.2 Å². The van der Waals surface area contributed by atoms with E-state index in [4.69, 9.17) is 0 Å². The lowest BCUT2D eigenvalue weighted by Gasteiger charge is -2.33. The Morgan fingerprint density at radius 3 is 2.73 bits per heavy atom. The summed E-state index contributed by atoms with van der Waals surface area (Å²) in [6.07, 6.45) is -4.24. The van der Waals surface area contributed by atoms with Crippen LogP contribution in [-0.4, -0.2) is 33.8 Å². The van der Waals surface area contributed by atoms with E-state index in [2.05, 4.69) is 9.98 Å². The van der Waals surface area contributed by atoms with Gasteiger partial charge in [-0.25, -0.2) is 0 Å². The van der Waals surface area contributed by atoms with Crippen molar-refractivity contribution in [2.75, 3.05) is 5.75 Å². The Balaban J connectivity index is 1.70. The number of benzene rings is 2. The van der Waals surface area contributed by atoms with Crippen LogP contribution in [0.3, 0.4) is 0 Å². The first-order valence-electron chi connectivity index (χ1n) is 9.45. The van der Waals surface area contributed by atoms with E-state index >= 15 is 0 Å². The number of thioether (sulfide) groups is 1. The Hall–Kier alpha value is -2.58. The highest BCUT2D eigenvalue weighted by atomic mass is 32.2. The number of alkyl halides is 3. The van der Waals surface area contributed by atoms with Gasteiger partial charge in [0.2, 0.25) is 5.56 Å². The average Bonchev–Trinajstić information content (AvgIpc) is 2.71. The molecule has 0 aliphatic carbocycles. The van der Waals surface area contributed by atoms with E-state index in [1.165, 1.54) is 12.1 Å². The number of aromatic nitrogens is 1. The van der Waals surface area contributed by atoms with Crippen LogP contribution in [-0.2, 0) is 0 Å². The van der Waals surface area contributed by atoms with Crippen molar-refractivity contribution in [3.05, 3.63) is 70.5 Å². The molecule has 2 unspecified atom stereocenters. The summed E-state index contributed by atoms with van der Waals surface area (Å²) >= 11 is 1.61. The van der Waals surface area contributed by atoms with Crippen molar-refractivity contribution in [1.29, 1.82) is 0 Å². The summed E-state index contributed by atoms with van der Waals surface area (Å²) in [7, 11) is 0. The monoisotopic (exact) mass is 432 g/mol. The van der Waals surface area contributed by atoms with Gasteiger partial charge in [0.05, 0.1) is 11.2 Å². The minimum absolute atomic E-state index is 0.242. The maximum atomic E-state index is 13.9. The fourth-order valence-electron chi connectivity index (χ4n) is 3.70. The fourth-order valence-corrected chi connectivity index (χ4v) is 4.90. The van der Waals surface area contributed by atoms with Gasteiger partial charge in [-0.05, 0) is 54.3 Å². The molecule has 0 spiro atoms. The van der Waals surface area contributed by atoms with E-state index in [1.807, 2.05) is 18.2 Å². The van der Waals surface area contributed by atoms with Crippen LogP contribution in [0.1, 0.15) is 24.3 Å². The highest BCUT2D eigenvalue weighted by molar-refractivity contribution is 7.99. The second-order valence-corrected chi connectivity index (χ2v) is 8.45. The minimum Gasteiger partial charge on any atom is -0.376 e. The molecule has 0 fully saturated rings.